The van der Waals surface area contributed by atoms with E-state index in [1.165, 1.54) is 31.4 Å². The van der Waals surface area contributed by atoms with Crippen molar-refractivity contribution < 1.29 is 19.4 Å². The molecule has 1 amide bonds. The van der Waals surface area contributed by atoms with Crippen molar-refractivity contribution in [3.05, 3.63) is 41.2 Å². The van der Waals surface area contributed by atoms with E-state index in [4.69, 9.17) is 5.26 Å². The number of hydrogen-bond donors (Lipinski definition) is 2. The summed E-state index contributed by atoms with van der Waals surface area (Å²) in [6, 6.07) is 7.76. The molecule has 21 heavy (non-hydrogen) atoms. The molecule has 108 valence electrons. The number of nitriles is 1. The number of aliphatic hydroxyl groups excluding tert-OH is 1. The third kappa shape index (κ3) is 3.39. The lowest BCUT2D eigenvalue weighted by molar-refractivity contribution is -0.112. The van der Waals surface area contributed by atoms with Gasteiger partial charge in [-0.2, -0.15) is 5.26 Å². The summed E-state index contributed by atoms with van der Waals surface area (Å²) in [5.74, 6) is -1.36. The topological polar surface area (TPSA) is 99.4 Å². The number of rotatable bonds is 4. The zero-order valence-electron chi connectivity index (χ0n) is 11.4. The Hall–Kier alpha value is -2.81. The number of amides is 1. The van der Waals surface area contributed by atoms with E-state index >= 15 is 0 Å². The predicted octanol–water partition coefficient (Wildman–Crippen LogP) is 2.16. The molecule has 0 aliphatic heterocycles. The van der Waals surface area contributed by atoms with Gasteiger partial charge in [-0.1, -0.05) is 0 Å². The molecule has 2 rings (SSSR count). The summed E-state index contributed by atoms with van der Waals surface area (Å²) in [4.78, 5) is 23.2. The van der Waals surface area contributed by atoms with E-state index in [1.54, 1.807) is 6.07 Å². The van der Waals surface area contributed by atoms with Crippen LogP contribution in [0.15, 0.2) is 35.6 Å². The first kappa shape index (κ1) is 14.6. The smallest absolute Gasteiger partial charge is 0.337 e. The Morgan fingerprint density at radius 2 is 1.95 bits per heavy atom. The van der Waals surface area contributed by atoms with E-state index < -0.39 is 11.9 Å². The van der Waals surface area contributed by atoms with Gasteiger partial charge >= 0.3 is 5.97 Å². The molecule has 0 saturated heterocycles. The molecule has 0 spiro atoms. The Bertz CT molecular complexity index is 637. The van der Waals surface area contributed by atoms with Crippen LogP contribution in [0, 0.1) is 17.2 Å². The average Bonchev–Trinajstić information content (AvgIpc) is 3.32. The SMILES string of the molecule is COC(=O)c1ccc(NC(=O)/C(C#N)=C(\O)C2CC2)cc1. The van der Waals surface area contributed by atoms with Gasteiger partial charge in [0.25, 0.3) is 5.91 Å². The number of carbonyl (C=O) groups is 2. The molecule has 1 aromatic rings. The van der Waals surface area contributed by atoms with Crippen LogP contribution in [0.2, 0.25) is 0 Å². The molecule has 1 aliphatic carbocycles. The fourth-order valence-corrected chi connectivity index (χ4v) is 1.79. The van der Waals surface area contributed by atoms with Gasteiger partial charge in [-0.15, -0.1) is 0 Å². The van der Waals surface area contributed by atoms with Crippen LogP contribution in [-0.4, -0.2) is 24.1 Å². The number of carbonyl (C=O) groups excluding carboxylic acids is 2. The highest BCUT2D eigenvalue weighted by Crippen LogP contribution is 2.36. The summed E-state index contributed by atoms with van der Waals surface area (Å²) < 4.78 is 4.57. The Morgan fingerprint density at radius 3 is 2.43 bits per heavy atom. The van der Waals surface area contributed by atoms with Gasteiger partial charge in [-0.25, -0.2) is 4.79 Å². The monoisotopic (exact) mass is 286 g/mol. The number of nitrogens with one attached hydrogen (secondary N) is 1. The van der Waals surface area contributed by atoms with Crippen molar-refractivity contribution >= 4 is 17.6 Å². The Morgan fingerprint density at radius 1 is 1.33 bits per heavy atom. The molecule has 0 bridgehead atoms. The number of hydrogen-bond acceptors (Lipinski definition) is 5. The van der Waals surface area contributed by atoms with Crippen molar-refractivity contribution in [1.82, 2.24) is 0 Å². The number of aliphatic hydroxyl groups is 1. The van der Waals surface area contributed by atoms with Gasteiger partial charge in [0, 0.05) is 11.6 Å². The zero-order valence-corrected chi connectivity index (χ0v) is 11.4. The van der Waals surface area contributed by atoms with E-state index in [9.17, 15) is 14.7 Å². The maximum absolute atomic E-state index is 11.9. The summed E-state index contributed by atoms with van der Waals surface area (Å²) in [5.41, 5.74) is 0.505. The van der Waals surface area contributed by atoms with Crippen LogP contribution in [-0.2, 0) is 9.53 Å². The molecule has 1 aromatic carbocycles. The van der Waals surface area contributed by atoms with E-state index in [1.807, 2.05) is 0 Å². The average molecular weight is 286 g/mol. The fraction of sp³-hybridized carbons (Fsp3) is 0.267. The summed E-state index contributed by atoms with van der Waals surface area (Å²) in [7, 11) is 1.28. The van der Waals surface area contributed by atoms with Gasteiger partial charge in [0.15, 0.2) is 5.57 Å². The zero-order chi connectivity index (χ0) is 15.4. The van der Waals surface area contributed by atoms with Crippen LogP contribution < -0.4 is 5.32 Å². The number of anilines is 1. The van der Waals surface area contributed by atoms with Gasteiger partial charge in [-0.3, -0.25) is 4.79 Å². The predicted molar refractivity (Wildman–Crippen MR) is 74.4 cm³/mol. The van der Waals surface area contributed by atoms with Gasteiger partial charge in [-0.05, 0) is 37.1 Å². The number of allylic oxidation sites excluding steroid dienone is 1. The fourth-order valence-electron chi connectivity index (χ4n) is 1.79. The third-order valence-corrected chi connectivity index (χ3v) is 3.12. The lowest BCUT2D eigenvalue weighted by Gasteiger charge is -2.06. The Kier molecular flexibility index (Phi) is 4.24. The quantitative estimate of drug-likeness (QED) is 0.382. The first-order chi connectivity index (χ1) is 10.1. The maximum atomic E-state index is 11.9. The molecule has 0 atom stereocenters. The minimum absolute atomic E-state index is 0.0768. The van der Waals surface area contributed by atoms with Gasteiger partial charge in [0.2, 0.25) is 0 Å². The summed E-state index contributed by atoms with van der Waals surface area (Å²) >= 11 is 0. The number of nitrogens with zero attached hydrogens (tertiary/aromatic N) is 1. The summed E-state index contributed by atoms with van der Waals surface area (Å²) in [6.45, 7) is 0. The first-order valence-corrected chi connectivity index (χ1v) is 6.39. The van der Waals surface area contributed by atoms with Crippen LogP contribution in [0.25, 0.3) is 0 Å². The largest absolute Gasteiger partial charge is 0.510 e. The molecule has 6 heteroatoms. The number of methoxy groups -OCH3 is 1. The van der Waals surface area contributed by atoms with E-state index in [-0.39, 0.29) is 17.3 Å². The third-order valence-electron chi connectivity index (χ3n) is 3.12. The highest BCUT2D eigenvalue weighted by Gasteiger charge is 2.30. The van der Waals surface area contributed by atoms with Gasteiger partial charge in [0.05, 0.1) is 12.7 Å². The first-order valence-electron chi connectivity index (χ1n) is 6.39. The number of benzene rings is 1. The molecular formula is C15H14N2O4. The maximum Gasteiger partial charge on any atom is 0.337 e. The lowest BCUT2D eigenvalue weighted by atomic mass is 10.1. The second-order valence-electron chi connectivity index (χ2n) is 4.67. The van der Waals surface area contributed by atoms with Crippen molar-refractivity contribution in [3.8, 4) is 6.07 Å². The van der Waals surface area contributed by atoms with Crippen LogP contribution in [0.5, 0.6) is 0 Å². The number of ether oxygens (including phenoxy) is 1. The van der Waals surface area contributed by atoms with Crippen LogP contribution in [0.3, 0.4) is 0 Å². The van der Waals surface area contributed by atoms with Crippen molar-refractivity contribution in [3.63, 3.8) is 0 Å². The normalized spacial score (nSPS) is 14.7. The molecule has 0 radical (unpaired) electrons. The van der Waals surface area contributed by atoms with Crippen molar-refractivity contribution in [1.29, 1.82) is 5.26 Å². The van der Waals surface area contributed by atoms with E-state index in [0.717, 1.165) is 12.8 Å². The summed E-state index contributed by atoms with van der Waals surface area (Å²) in [6.07, 6.45) is 1.58. The molecule has 0 unspecified atom stereocenters. The lowest BCUT2D eigenvalue weighted by Crippen LogP contribution is -2.16. The molecule has 2 N–H and O–H groups in total. The molecule has 6 nitrogen and oxygen atoms in total. The van der Waals surface area contributed by atoms with Gasteiger partial charge in [0.1, 0.15) is 11.8 Å². The second kappa shape index (κ2) is 6.09. The molecule has 0 heterocycles. The second-order valence-corrected chi connectivity index (χ2v) is 4.67. The van der Waals surface area contributed by atoms with Crippen molar-refractivity contribution in [2.24, 2.45) is 5.92 Å². The molecule has 1 fully saturated rings. The van der Waals surface area contributed by atoms with Crippen LogP contribution in [0.1, 0.15) is 23.2 Å². The highest BCUT2D eigenvalue weighted by molar-refractivity contribution is 6.07. The minimum atomic E-state index is -0.660. The number of esters is 1. The Balaban J connectivity index is 2.11. The highest BCUT2D eigenvalue weighted by atomic mass is 16.5. The molecule has 0 aromatic heterocycles. The molecule has 1 aliphatic rings. The van der Waals surface area contributed by atoms with Crippen LogP contribution in [0.4, 0.5) is 5.69 Å². The Labute approximate surface area is 121 Å². The van der Waals surface area contributed by atoms with Gasteiger partial charge < -0.3 is 15.2 Å². The van der Waals surface area contributed by atoms with E-state index in [2.05, 4.69) is 10.1 Å². The van der Waals surface area contributed by atoms with Crippen LogP contribution >= 0.6 is 0 Å². The van der Waals surface area contributed by atoms with E-state index in [0.29, 0.717) is 11.3 Å². The minimum Gasteiger partial charge on any atom is -0.510 e. The molecule has 1 saturated carbocycles. The standard InChI is InChI=1S/C15H14N2O4/c1-21-15(20)10-4-6-11(7-5-10)17-14(19)12(8-16)13(18)9-2-3-9/h4-7,9,18H,2-3H2,1H3,(H,17,19)/b13-12-. The molecular weight excluding hydrogens is 272 g/mol. The van der Waals surface area contributed by atoms with Crippen molar-refractivity contribution in [2.45, 2.75) is 12.8 Å². The summed E-state index contributed by atoms with van der Waals surface area (Å²) in [5, 5.41) is 21.3. The van der Waals surface area contributed by atoms with Crippen molar-refractivity contribution in [2.75, 3.05) is 12.4 Å².